The van der Waals surface area contributed by atoms with Crippen LogP contribution in [0.5, 0.6) is 0 Å². The van der Waals surface area contributed by atoms with Crippen LogP contribution < -0.4 is 9.80 Å². The zero-order chi connectivity index (χ0) is 20.4. The molecule has 2 aliphatic rings. The van der Waals surface area contributed by atoms with Crippen molar-refractivity contribution in [3.63, 3.8) is 0 Å². The fraction of sp³-hybridized carbons (Fsp3) is 0.450. The van der Waals surface area contributed by atoms with Gasteiger partial charge in [0.25, 0.3) is 5.91 Å². The van der Waals surface area contributed by atoms with Gasteiger partial charge < -0.3 is 14.7 Å². The molecule has 2 fully saturated rings. The highest BCUT2D eigenvalue weighted by atomic mass is 19.4. The summed E-state index contributed by atoms with van der Waals surface area (Å²) in [6.07, 6.45) is -0.342. The molecule has 0 aliphatic carbocycles. The molecule has 0 spiro atoms. The van der Waals surface area contributed by atoms with Gasteiger partial charge in [0.1, 0.15) is 5.82 Å². The second-order valence-corrected chi connectivity index (χ2v) is 7.26. The Bertz CT molecular complexity index is 857. The number of piperazine rings is 1. The van der Waals surface area contributed by atoms with E-state index in [0.29, 0.717) is 26.2 Å². The van der Waals surface area contributed by atoms with Crippen LogP contribution in [0.4, 0.5) is 24.9 Å². The Morgan fingerprint density at radius 2 is 1.52 bits per heavy atom. The first-order valence-corrected chi connectivity index (χ1v) is 9.71. The molecule has 2 aliphatic heterocycles. The van der Waals surface area contributed by atoms with Gasteiger partial charge in [-0.1, -0.05) is 0 Å². The second-order valence-electron chi connectivity index (χ2n) is 7.26. The summed E-state index contributed by atoms with van der Waals surface area (Å²) in [5, 5.41) is 0. The first-order valence-electron chi connectivity index (χ1n) is 9.71. The van der Waals surface area contributed by atoms with Gasteiger partial charge in [-0.15, -0.1) is 0 Å². The molecule has 0 bridgehead atoms. The number of benzene rings is 1. The van der Waals surface area contributed by atoms with Crippen LogP contribution in [-0.4, -0.2) is 60.0 Å². The van der Waals surface area contributed by atoms with Gasteiger partial charge in [0.05, 0.1) is 5.56 Å². The number of carbonyl (C=O) groups is 1. The number of nitrogens with zero attached hydrogens (tertiary/aromatic N) is 5. The molecule has 1 aromatic heterocycles. The van der Waals surface area contributed by atoms with Gasteiger partial charge in [-0.05, 0) is 43.2 Å². The fourth-order valence-corrected chi connectivity index (χ4v) is 3.71. The highest BCUT2D eigenvalue weighted by Gasteiger charge is 2.31. The maximum absolute atomic E-state index is 12.7. The molecule has 0 N–H and O–H groups in total. The van der Waals surface area contributed by atoms with E-state index in [9.17, 15) is 18.0 Å². The van der Waals surface area contributed by atoms with E-state index in [0.717, 1.165) is 49.8 Å². The largest absolute Gasteiger partial charge is 0.416 e. The normalized spacial score (nSPS) is 17.7. The number of anilines is 2. The molecule has 154 valence electrons. The van der Waals surface area contributed by atoms with Crippen molar-refractivity contribution in [3.8, 4) is 0 Å². The number of carbonyl (C=O) groups excluding carboxylic acids is 1. The molecule has 6 nitrogen and oxygen atoms in total. The Kier molecular flexibility index (Phi) is 5.29. The van der Waals surface area contributed by atoms with Crippen molar-refractivity contribution < 1.29 is 18.0 Å². The monoisotopic (exact) mass is 405 g/mol. The zero-order valence-corrected chi connectivity index (χ0v) is 15.9. The summed E-state index contributed by atoms with van der Waals surface area (Å²) in [5.41, 5.74) is -0.485. The topological polar surface area (TPSA) is 52.6 Å². The highest BCUT2D eigenvalue weighted by molar-refractivity contribution is 5.94. The molecule has 2 saturated heterocycles. The minimum Gasteiger partial charge on any atom is -0.353 e. The number of alkyl halides is 3. The van der Waals surface area contributed by atoms with Gasteiger partial charge in [-0.25, -0.2) is 4.98 Å². The van der Waals surface area contributed by atoms with E-state index >= 15 is 0 Å². The van der Waals surface area contributed by atoms with Crippen molar-refractivity contribution in [2.75, 3.05) is 49.1 Å². The SMILES string of the molecule is O=C(c1ccc(C(F)(F)F)cc1)N1CCN(c2ccnc(N3CCCC3)n2)CC1. The van der Waals surface area contributed by atoms with Crippen molar-refractivity contribution in [2.24, 2.45) is 0 Å². The van der Waals surface area contributed by atoms with E-state index < -0.39 is 11.7 Å². The summed E-state index contributed by atoms with van der Waals surface area (Å²) in [6.45, 7) is 4.15. The standard InChI is InChI=1S/C20H22F3N5O/c21-20(22,23)16-5-3-15(4-6-16)18(29)27-13-11-26(12-14-27)17-7-8-24-19(25-17)28-9-1-2-10-28/h3-8H,1-2,9-14H2. The maximum atomic E-state index is 12.7. The molecule has 4 rings (SSSR count). The van der Waals surface area contributed by atoms with Gasteiger partial charge in [-0.3, -0.25) is 4.79 Å². The van der Waals surface area contributed by atoms with Gasteiger partial charge >= 0.3 is 6.18 Å². The van der Waals surface area contributed by atoms with E-state index in [2.05, 4.69) is 19.8 Å². The summed E-state index contributed by atoms with van der Waals surface area (Å²) in [7, 11) is 0. The Balaban J connectivity index is 1.38. The molecule has 1 amide bonds. The van der Waals surface area contributed by atoms with Crippen LogP contribution in [0.2, 0.25) is 0 Å². The summed E-state index contributed by atoms with van der Waals surface area (Å²) < 4.78 is 38.1. The number of amides is 1. The molecule has 0 unspecified atom stereocenters. The van der Waals surface area contributed by atoms with E-state index in [4.69, 9.17) is 0 Å². The van der Waals surface area contributed by atoms with Gasteiger partial charge in [0.15, 0.2) is 0 Å². The Hall–Kier alpha value is -2.84. The van der Waals surface area contributed by atoms with Gasteiger partial charge in [0, 0.05) is 51.0 Å². The van der Waals surface area contributed by atoms with Crippen LogP contribution in [0, 0.1) is 0 Å². The third kappa shape index (κ3) is 4.28. The molecule has 29 heavy (non-hydrogen) atoms. The Morgan fingerprint density at radius 1 is 0.862 bits per heavy atom. The van der Waals surface area contributed by atoms with E-state index in [1.54, 1.807) is 11.1 Å². The van der Waals surface area contributed by atoms with Gasteiger partial charge in [-0.2, -0.15) is 18.2 Å². The first kappa shape index (κ1) is 19.5. The average molecular weight is 405 g/mol. The lowest BCUT2D eigenvalue weighted by molar-refractivity contribution is -0.137. The van der Waals surface area contributed by atoms with E-state index in [1.165, 1.54) is 12.1 Å². The Morgan fingerprint density at radius 3 is 2.14 bits per heavy atom. The molecule has 0 radical (unpaired) electrons. The lowest BCUT2D eigenvalue weighted by atomic mass is 10.1. The predicted molar refractivity (Wildman–Crippen MR) is 103 cm³/mol. The molecule has 0 saturated carbocycles. The molecular formula is C20H22F3N5O. The lowest BCUT2D eigenvalue weighted by Gasteiger charge is -2.35. The van der Waals surface area contributed by atoms with E-state index in [-0.39, 0.29) is 11.5 Å². The number of hydrogen-bond acceptors (Lipinski definition) is 5. The van der Waals surface area contributed by atoms with Crippen molar-refractivity contribution in [1.82, 2.24) is 14.9 Å². The van der Waals surface area contributed by atoms with Crippen molar-refractivity contribution in [1.29, 1.82) is 0 Å². The highest BCUT2D eigenvalue weighted by Crippen LogP contribution is 2.29. The maximum Gasteiger partial charge on any atom is 0.416 e. The second kappa shape index (κ2) is 7.88. The van der Waals surface area contributed by atoms with Crippen molar-refractivity contribution in [3.05, 3.63) is 47.7 Å². The molecule has 3 heterocycles. The van der Waals surface area contributed by atoms with Crippen LogP contribution >= 0.6 is 0 Å². The first-order chi connectivity index (χ1) is 13.9. The minimum atomic E-state index is -4.40. The lowest BCUT2D eigenvalue weighted by Crippen LogP contribution is -2.49. The fourth-order valence-electron chi connectivity index (χ4n) is 3.71. The summed E-state index contributed by atoms with van der Waals surface area (Å²) in [5.74, 6) is 1.32. The third-order valence-electron chi connectivity index (χ3n) is 5.37. The van der Waals surface area contributed by atoms with Crippen LogP contribution in [0.1, 0.15) is 28.8 Å². The Labute approximate surface area is 167 Å². The molecule has 1 aromatic carbocycles. The van der Waals surface area contributed by atoms with E-state index in [1.807, 2.05) is 6.07 Å². The van der Waals surface area contributed by atoms with Crippen LogP contribution in [0.3, 0.4) is 0 Å². The number of aromatic nitrogens is 2. The summed E-state index contributed by atoms with van der Waals surface area (Å²) in [6, 6.07) is 6.25. The molecule has 9 heteroatoms. The van der Waals surface area contributed by atoms with Crippen LogP contribution in [0.15, 0.2) is 36.5 Å². The van der Waals surface area contributed by atoms with Crippen LogP contribution in [0.25, 0.3) is 0 Å². The smallest absolute Gasteiger partial charge is 0.353 e. The quantitative estimate of drug-likeness (QED) is 0.786. The van der Waals surface area contributed by atoms with Crippen LogP contribution in [-0.2, 0) is 6.18 Å². The molecule has 2 aromatic rings. The predicted octanol–water partition coefficient (Wildman–Crippen LogP) is 3.06. The van der Waals surface area contributed by atoms with Crippen molar-refractivity contribution in [2.45, 2.75) is 19.0 Å². The summed E-state index contributed by atoms with van der Waals surface area (Å²) >= 11 is 0. The minimum absolute atomic E-state index is 0.251. The number of halogens is 3. The third-order valence-corrected chi connectivity index (χ3v) is 5.37. The van der Waals surface area contributed by atoms with Gasteiger partial charge in [0.2, 0.25) is 5.95 Å². The molecule has 0 atom stereocenters. The van der Waals surface area contributed by atoms with Crippen molar-refractivity contribution >= 4 is 17.7 Å². The number of hydrogen-bond donors (Lipinski definition) is 0. The summed E-state index contributed by atoms with van der Waals surface area (Å²) in [4.78, 5) is 27.6. The molecular weight excluding hydrogens is 383 g/mol. The average Bonchev–Trinajstić information content (AvgIpc) is 3.28. The zero-order valence-electron chi connectivity index (χ0n) is 15.9. The number of rotatable bonds is 3.